The third-order valence-corrected chi connectivity index (χ3v) is 9.29. The van der Waals surface area contributed by atoms with Gasteiger partial charge < -0.3 is 4.90 Å². The smallest absolute Gasteiger partial charge is 0.252 e. The zero-order valence-corrected chi connectivity index (χ0v) is 22.7. The number of piperidine rings is 1. The van der Waals surface area contributed by atoms with Crippen LogP contribution < -0.4 is 10.3 Å². The number of nitrogens with one attached hydrogen (secondary N) is 1. The maximum absolute atomic E-state index is 13.2. The number of benzene rings is 2. The Balaban J connectivity index is 1.14. The Morgan fingerprint density at radius 1 is 0.946 bits per heavy atom. The average molecular weight is 542 g/mol. The van der Waals surface area contributed by atoms with Gasteiger partial charge in [0.1, 0.15) is 0 Å². The summed E-state index contributed by atoms with van der Waals surface area (Å²) in [6, 6.07) is 14.5. The summed E-state index contributed by atoms with van der Waals surface area (Å²) < 4.78 is 27.8. The molecule has 2 aliphatic rings. The van der Waals surface area contributed by atoms with Gasteiger partial charge in [0, 0.05) is 48.3 Å². The van der Waals surface area contributed by atoms with E-state index in [1.54, 1.807) is 41.4 Å². The lowest BCUT2D eigenvalue weighted by atomic mass is 9.96. The van der Waals surface area contributed by atoms with E-state index in [0.29, 0.717) is 24.0 Å². The first kappa shape index (κ1) is 25.9. The minimum absolute atomic E-state index is 0.173. The Morgan fingerprint density at radius 3 is 2.32 bits per heavy atom. The van der Waals surface area contributed by atoms with Crippen LogP contribution in [0.15, 0.2) is 53.4 Å². The molecule has 10 heteroatoms. The van der Waals surface area contributed by atoms with E-state index >= 15 is 0 Å². The van der Waals surface area contributed by atoms with E-state index in [-0.39, 0.29) is 23.9 Å². The highest BCUT2D eigenvalue weighted by molar-refractivity contribution is 7.89. The van der Waals surface area contributed by atoms with Crippen molar-refractivity contribution in [3.05, 3.63) is 64.9 Å². The summed E-state index contributed by atoms with van der Waals surface area (Å²) in [6.45, 7) is 7.07. The second-order valence-corrected chi connectivity index (χ2v) is 12.3. The number of hydrazine groups is 1. The molecular weight excluding hydrogens is 510 g/mol. The number of aromatic nitrogens is 1. The van der Waals surface area contributed by atoms with E-state index in [9.17, 15) is 13.2 Å². The van der Waals surface area contributed by atoms with Crippen LogP contribution in [-0.4, -0.2) is 67.9 Å². The molecule has 2 aliphatic heterocycles. The van der Waals surface area contributed by atoms with Gasteiger partial charge in [0.2, 0.25) is 10.0 Å². The van der Waals surface area contributed by atoms with E-state index in [4.69, 9.17) is 11.6 Å². The standard InChI is InChI=1S/C27H32ClN5O3S/c1-19-13-25(14-20(2)30-19)31-9-7-21(8-10-31)17-29-33-12-11-32(18-27(33)34)37(35,36)26-6-4-22-15-24(28)5-3-23(22)16-26/h3-6,13-16,21,29H,7-12,17-18H2,1-2H3. The molecule has 0 atom stereocenters. The molecule has 0 unspecified atom stereocenters. The summed E-state index contributed by atoms with van der Waals surface area (Å²) in [5, 5.41) is 3.84. The van der Waals surface area contributed by atoms with Crippen molar-refractivity contribution >= 4 is 44.0 Å². The molecule has 5 rings (SSSR count). The maximum Gasteiger partial charge on any atom is 0.252 e. The molecule has 1 N–H and O–H groups in total. The molecule has 0 aliphatic carbocycles. The largest absolute Gasteiger partial charge is 0.371 e. The predicted molar refractivity (Wildman–Crippen MR) is 146 cm³/mol. The Labute approximate surface area is 223 Å². The van der Waals surface area contributed by atoms with Crippen molar-refractivity contribution in [2.45, 2.75) is 31.6 Å². The summed E-state index contributed by atoms with van der Waals surface area (Å²) in [5.74, 6) is 0.225. The number of halogens is 1. The molecule has 3 heterocycles. The minimum atomic E-state index is -3.78. The first-order valence-corrected chi connectivity index (χ1v) is 14.4. The van der Waals surface area contributed by atoms with Gasteiger partial charge >= 0.3 is 0 Å². The lowest BCUT2D eigenvalue weighted by Gasteiger charge is -2.37. The molecule has 1 aromatic heterocycles. The van der Waals surface area contributed by atoms with Crippen LogP contribution in [0.2, 0.25) is 5.02 Å². The van der Waals surface area contributed by atoms with Gasteiger partial charge in [0.15, 0.2) is 0 Å². The molecule has 8 nitrogen and oxygen atoms in total. The van der Waals surface area contributed by atoms with Crippen molar-refractivity contribution in [1.82, 2.24) is 19.7 Å². The number of carbonyl (C=O) groups excluding carboxylic acids is 1. The van der Waals surface area contributed by atoms with Gasteiger partial charge in [0.05, 0.1) is 18.0 Å². The van der Waals surface area contributed by atoms with Crippen LogP contribution in [-0.2, 0) is 14.8 Å². The minimum Gasteiger partial charge on any atom is -0.371 e. The number of sulfonamides is 1. The second kappa shape index (κ2) is 10.6. The molecule has 2 fully saturated rings. The van der Waals surface area contributed by atoms with Crippen LogP contribution >= 0.6 is 11.6 Å². The van der Waals surface area contributed by atoms with E-state index in [1.807, 2.05) is 13.8 Å². The maximum atomic E-state index is 13.2. The molecule has 0 saturated carbocycles. The molecule has 37 heavy (non-hydrogen) atoms. The van der Waals surface area contributed by atoms with Gasteiger partial charge in [-0.1, -0.05) is 23.7 Å². The number of pyridine rings is 1. The molecule has 0 spiro atoms. The highest BCUT2D eigenvalue weighted by Crippen LogP contribution is 2.26. The highest BCUT2D eigenvalue weighted by Gasteiger charge is 2.33. The quantitative estimate of drug-likeness (QED) is 0.511. The molecular formula is C27H32ClN5O3S. The summed E-state index contributed by atoms with van der Waals surface area (Å²) >= 11 is 6.04. The third kappa shape index (κ3) is 5.75. The van der Waals surface area contributed by atoms with Gasteiger partial charge in [0.25, 0.3) is 5.91 Å². The second-order valence-electron chi connectivity index (χ2n) is 9.94. The third-order valence-electron chi connectivity index (χ3n) is 7.21. The Kier molecular flexibility index (Phi) is 7.40. The fourth-order valence-electron chi connectivity index (χ4n) is 5.16. The molecule has 0 radical (unpaired) electrons. The van der Waals surface area contributed by atoms with Crippen LogP contribution in [0.1, 0.15) is 24.2 Å². The first-order valence-electron chi connectivity index (χ1n) is 12.6. The Hall–Kier alpha value is -2.72. The number of aryl methyl sites for hydroxylation is 2. The number of rotatable bonds is 6. The van der Waals surface area contributed by atoms with Crippen LogP contribution in [0.25, 0.3) is 10.8 Å². The van der Waals surface area contributed by atoms with Gasteiger partial charge in [-0.2, -0.15) is 4.31 Å². The van der Waals surface area contributed by atoms with Crippen LogP contribution in [0.4, 0.5) is 5.69 Å². The number of fused-ring (bicyclic) bond motifs is 1. The average Bonchev–Trinajstić information content (AvgIpc) is 2.87. The summed E-state index contributed by atoms with van der Waals surface area (Å²) in [7, 11) is -3.78. The molecule has 1 amide bonds. The number of piperazine rings is 1. The normalized spacial score (nSPS) is 18.1. The van der Waals surface area contributed by atoms with Crippen molar-refractivity contribution in [2.75, 3.05) is 44.2 Å². The van der Waals surface area contributed by atoms with Crippen LogP contribution in [0.3, 0.4) is 0 Å². The lowest BCUT2D eigenvalue weighted by Crippen LogP contribution is -2.57. The van der Waals surface area contributed by atoms with Gasteiger partial charge in [-0.25, -0.2) is 13.8 Å². The molecule has 2 saturated heterocycles. The zero-order valence-electron chi connectivity index (χ0n) is 21.2. The topological polar surface area (TPSA) is 85.9 Å². The summed E-state index contributed by atoms with van der Waals surface area (Å²) in [4.78, 5) is 19.9. The highest BCUT2D eigenvalue weighted by atomic mass is 35.5. The number of carbonyl (C=O) groups is 1. The van der Waals surface area contributed by atoms with E-state index in [0.717, 1.165) is 48.1 Å². The number of hydrogen-bond acceptors (Lipinski definition) is 6. The zero-order chi connectivity index (χ0) is 26.2. The van der Waals surface area contributed by atoms with Crippen molar-refractivity contribution in [1.29, 1.82) is 0 Å². The number of nitrogens with zero attached hydrogens (tertiary/aromatic N) is 4. The number of amides is 1. The van der Waals surface area contributed by atoms with E-state index < -0.39 is 10.0 Å². The molecule has 3 aromatic rings. The fraction of sp³-hybridized carbons (Fsp3) is 0.407. The molecule has 196 valence electrons. The van der Waals surface area contributed by atoms with E-state index in [2.05, 4.69) is 27.4 Å². The summed E-state index contributed by atoms with van der Waals surface area (Å²) in [6.07, 6.45) is 2.06. The van der Waals surface area contributed by atoms with Crippen LogP contribution in [0, 0.1) is 19.8 Å². The van der Waals surface area contributed by atoms with Crippen molar-refractivity contribution in [2.24, 2.45) is 5.92 Å². The van der Waals surface area contributed by atoms with Gasteiger partial charge in [-0.15, -0.1) is 0 Å². The Bertz CT molecular complexity index is 1400. The van der Waals surface area contributed by atoms with Crippen molar-refractivity contribution < 1.29 is 13.2 Å². The SMILES string of the molecule is Cc1cc(N2CCC(CNN3CCN(S(=O)(=O)c4ccc5cc(Cl)ccc5c4)CC3=O)CC2)cc(C)n1. The fourth-order valence-corrected chi connectivity index (χ4v) is 6.75. The molecule has 2 aromatic carbocycles. The number of anilines is 1. The first-order chi connectivity index (χ1) is 17.7. The van der Waals surface area contributed by atoms with Crippen molar-refractivity contribution in [3.63, 3.8) is 0 Å². The van der Waals surface area contributed by atoms with E-state index in [1.165, 1.54) is 9.99 Å². The Morgan fingerprint density at radius 2 is 1.62 bits per heavy atom. The number of hydrogen-bond donors (Lipinski definition) is 1. The molecule has 0 bridgehead atoms. The van der Waals surface area contributed by atoms with Gasteiger partial charge in [-0.3, -0.25) is 14.8 Å². The van der Waals surface area contributed by atoms with Crippen molar-refractivity contribution in [3.8, 4) is 0 Å². The van der Waals surface area contributed by atoms with Gasteiger partial charge in [-0.05, 0) is 79.8 Å². The van der Waals surface area contributed by atoms with Crippen LogP contribution in [0.5, 0.6) is 0 Å². The monoisotopic (exact) mass is 541 g/mol. The summed E-state index contributed by atoms with van der Waals surface area (Å²) in [5.41, 5.74) is 6.56. The lowest BCUT2D eigenvalue weighted by molar-refractivity contribution is -0.137. The predicted octanol–water partition coefficient (Wildman–Crippen LogP) is 3.76.